The molecule has 2 heterocycles. The highest BCUT2D eigenvalue weighted by molar-refractivity contribution is 7.10. The summed E-state index contributed by atoms with van der Waals surface area (Å²) >= 11 is 1.64. The zero-order valence-electron chi connectivity index (χ0n) is 15.2. The van der Waals surface area contributed by atoms with Crippen LogP contribution in [0.2, 0.25) is 0 Å². The lowest BCUT2D eigenvalue weighted by molar-refractivity contribution is 0.0674. The van der Waals surface area contributed by atoms with Crippen LogP contribution in [0, 0.1) is 6.92 Å². The summed E-state index contributed by atoms with van der Waals surface area (Å²) in [5.41, 5.74) is 7.10. The zero-order valence-corrected chi connectivity index (χ0v) is 16.0. The van der Waals surface area contributed by atoms with Gasteiger partial charge in [0.25, 0.3) is 5.91 Å². The monoisotopic (exact) mass is 376 g/mol. The van der Waals surface area contributed by atoms with Gasteiger partial charge in [0.1, 0.15) is 11.8 Å². The molecule has 0 saturated heterocycles. The van der Waals surface area contributed by atoms with Crippen LogP contribution in [0.4, 0.5) is 0 Å². The molecular weight excluding hydrogens is 356 g/mol. The molecule has 27 heavy (non-hydrogen) atoms. The molecule has 1 aromatic heterocycles. The summed E-state index contributed by atoms with van der Waals surface area (Å²) < 4.78 is 5.27. The molecule has 5 heteroatoms. The maximum absolute atomic E-state index is 13.2. The lowest BCUT2D eigenvalue weighted by Crippen LogP contribution is -2.39. The van der Waals surface area contributed by atoms with Gasteiger partial charge < -0.3 is 4.74 Å². The molecule has 0 radical (unpaired) electrons. The van der Waals surface area contributed by atoms with E-state index >= 15 is 0 Å². The van der Waals surface area contributed by atoms with Crippen molar-refractivity contribution in [3.8, 4) is 5.75 Å². The van der Waals surface area contributed by atoms with Gasteiger partial charge in [0.2, 0.25) is 0 Å². The number of nitrogens with zero attached hydrogens (tertiary/aromatic N) is 1. The molecule has 1 atom stereocenters. The molecular formula is C22H20N2O2S. The molecule has 0 aliphatic carbocycles. The number of methoxy groups -OCH3 is 1. The molecule has 4 rings (SSSR count). The number of benzene rings is 2. The number of aryl methyl sites for hydroxylation is 1. The average Bonchev–Trinajstić information content (AvgIpc) is 3.37. The molecule has 1 N–H and O–H groups in total. The molecule has 136 valence electrons. The fourth-order valence-corrected chi connectivity index (χ4v) is 3.89. The SMILES string of the molecule is COc1cccc(C(=O)N2NC(c3ccc(C)cc3)=CC2c2cccs2)c1. The van der Waals surface area contributed by atoms with E-state index in [1.165, 1.54) is 5.56 Å². The molecule has 1 aliphatic rings. The third-order valence-electron chi connectivity index (χ3n) is 4.58. The van der Waals surface area contributed by atoms with Crippen molar-refractivity contribution in [1.29, 1.82) is 0 Å². The summed E-state index contributed by atoms with van der Waals surface area (Å²) in [6.45, 7) is 2.06. The number of amides is 1. The number of nitrogens with one attached hydrogen (secondary N) is 1. The quantitative estimate of drug-likeness (QED) is 0.711. The number of hydrogen-bond donors (Lipinski definition) is 1. The van der Waals surface area contributed by atoms with Crippen LogP contribution in [0.25, 0.3) is 5.70 Å². The highest BCUT2D eigenvalue weighted by Gasteiger charge is 2.32. The summed E-state index contributed by atoms with van der Waals surface area (Å²) in [7, 11) is 1.60. The van der Waals surface area contributed by atoms with Gasteiger partial charge in [-0.2, -0.15) is 0 Å². The molecule has 0 spiro atoms. The van der Waals surface area contributed by atoms with Crippen molar-refractivity contribution in [2.45, 2.75) is 13.0 Å². The van der Waals surface area contributed by atoms with E-state index in [0.717, 1.165) is 16.1 Å². The molecule has 1 unspecified atom stereocenters. The maximum Gasteiger partial charge on any atom is 0.273 e. The van der Waals surface area contributed by atoms with Crippen molar-refractivity contribution in [3.63, 3.8) is 0 Å². The Morgan fingerprint density at radius 1 is 1.11 bits per heavy atom. The first kappa shape index (κ1) is 17.4. The van der Waals surface area contributed by atoms with E-state index in [9.17, 15) is 4.79 Å². The first-order chi connectivity index (χ1) is 13.2. The summed E-state index contributed by atoms with van der Waals surface area (Å²) in [4.78, 5) is 14.3. The minimum atomic E-state index is -0.153. The highest BCUT2D eigenvalue weighted by atomic mass is 32.1. The van der Waals surface area contributed by atoms with Crippen LogP contribution in [-0.4, -0.2) is 18.0 Å². The van der Waals surface area contributed by atoms with Gasteiger partial charge in [0.15, 0.2) is 0 Å². The third kappa shape index (κ3) is 3.46. The Labute approximate surface area is 162 Å². The number of hydrazine groups is 1. The van der Waals surface area contributed by atoms with Crippen molar-refractivity contribution in [2.24, 2.45) is 0 Å². The van der Waals surface area contributed by atoms with E-state index in [2.05, 4.69) is 48.8 Å². The van der Waals surface area contributed by atoms with Crippen molar-refractivity contribution in [1.82, 2.24) is 10.4 Å². The van der Waals surface area contributed by atoms with Crippen molar-refractivity contribution >= 4 is 22.9 Å². The number of hydrogen-bond acceptors (Lipinski definition) is 4. The molecule has 1 aliphatic heterocycles. The Morgan fingerprint density at radius 2 is 1.93 bits per heavy atom. The first-order valence-electron chi connectivity index (χ1n) is 8.72. The molecule has 3 aromatic rings. The summed E-state index contributed by atoms with van der Waals surface area (Å²) in [5, 5.41) is 3.72. The number of rotatable bonds is 4. The van der Waals surface area contributed by atoms with Gasteiger partial charge in [-0.1, -0.05) is 42.0 Å². The Hall–Kier alpha value is -3.05. The lowest BCUT2D eigenvalue weighted by atomic mass is 10.1. The van der Waals surface area contributed by atoms with Crippen molar-refractivity contribution in [2.75, 3.05) is 7.11 Å². The standard InChI is InChI=1S/C22H20N2O2S/c1-15-8-10-16(11-9-15)19-14-20(21-7-4-12-27-21)24(23-19)22(25)17-5-3-6-18(13-17)26-2/h3-14,20,23H,1-2H3. The second-order valence-electron chi connectivity index (χ2n) is 6.43. The molecule has 0 bridgehead atoms. The Morgan fingerprint density at radius 3 is 2.63 bits per heavy atom. The van der Waals surface area contributed by atoms with Gasteiger partial charge in [-0.3, -0.25) is 10.2 Å². The smallest absolute Gasteiger partial charge is 0.273 e. The number of thiophene rings is 1. The zero-order chi connectivity index (χ0) is 18.8. The van der Waals surface area contributed by atoms with E-state index in [4.69, 9.17) is 4.74 Å². The molecule has 1 amide bonds. The van der Waals surface area contributed by atoms with Crippen LogP contribution >= 0.6 is 11.3 Å². The van der Waals surface area contributed by atoms with Gasteiger partial charge in [-0.15, -0.1) is 11.3 Å². The fraction of sp³-hybridized carbons (Fsp3) is 0.136. The van der Waals surface area contributed by atoms with Crippen molar-refractivity contribution < 1.29 is 9.53 Å². The van der Waals surface area contributed by atoms with Crippen LogP contribution in [0.15, 0.2) is 72.1 Å². The minimum Gasteiger partial charge on any atom is -0.497 e. The number of carbonyl (C=O) groups is 1. The van der Waals surface area contributed by atoms with Crippen LogP contribution in [0.1, 0.15) is 32.4 Å². The molecule has 2 aromatic carbocycles. The largest absolute Gasteiger partial charge is 0.497 e. The van der Waals surface area contributed by atoms with Crippen LogP contribution in [0.5, 0.6) is 5.75 Å². The fourth-order valence-electron chi connectivity index (χ4n) is 3.10. The van der Waals surface area contributed by atoms with Gasteiger partial charge in [-0.05, 0) is 48.2 Å². The predicted octanol–water partition coefficient (Wildman–Crippen LogP) is 4.81. The van der Waals surface area contributed by atoms with Gasteiger partial charge in [0.05, 0.1) is 12.8 Å². The summed E-state index contributed by atoms with van der Waals surface area (Å²) in [6, 6.07) is 19.4. The predicted molar refractivity (Wildman–Crippen MR) is 109 cm³/mol. The Balaban J connectivity index is 1.69. The molecule has 0 saturated carbocycles. The second-order valence-corrected chi connectivity index (χ2v) is 7.40. The van der Waals surface area contributed by atoms with Gasteiger partial charge in [0, 0.05) is 10.4 Å². The number of carbonyl (C=O) groups excluding carboxylic acids is 1. The van der Waals surface area contributed by atoms with Gasteiger partial charge in [-0.25, -0.2) is 5.01 Å². The molecule has 0 fully saturated rings. The van der Waals surface area contributed by atoms with Crippen molar-refractivity contribution in [3.05, 3.63) is 93.7 Å². The third-order valence-corrected chi connectivity index (χ3v) is 5.52. The van der Waals surface area contributed by atoms with E-state index in [0.29, 0.717) is 11.3 Å². The van der Waals surface area contributed by atoms with E-state index < -0.39 is 0 Å². The second kappa shape index (κ2) is 7.29. The van der Waals surface area contributed by atoms with E-state index in [1.807, 2.05) is 29.6 Å². The van der Waals surface area contributed by atoms with Crippen LogP contribution < -0.4 is 10.2 Å². The van der Waals surface area contributed by atoms with E-state index in [-0.39, 0.29) is 11.9 Å². The Bertz CT molecular complexity index is 978. The minimum absolute atomic E-state index is 0.0920. The normalized spacial score (nSPS) is 16.0. The maximum atomic E-state index is 13.2. The van der Waals surface area contributed by atoms with E-state index in [1.54, 1.807) is 29.5 Å². The van der Waals surface area contributed by atoms with Crippen LogP contribution in [0.3, 0.4) is 0 Å². The summed E-state index contributed by atoms with van der Waals surface area (Å²) in [5.74, 6) is 0.574. The highest BCUT2D eigenvalue weighted by Crippen LogP contribution is 2.34. The Kier molecular flexibility index (Phi) is 4.69. The number of ether oxygens (including phenoxy) is 1. The van der Waals surface area contributed by atoms with Gasteiger partial charge >= 0.3 is 0 Å². The lowest BCUT2D eigenvalue weighted by Gasteiger charge is -2.25. The average molecular weight is 376 g/mol. The topological polar surface area (TPSA) is 41.6 Å². The van der Waals surface area contributed by atoms with Crippen LogP contribution in [-0.2, 0) is 0 Å². The summed E-state index contributed by atoms with van der Waals surface area (Å²) in [6.07, 6.45) is 2.11. The molecule has 4 nitrogen and oxygen atoms in total. The first-order valence-corrected chi connectivity index (χ1v) is 9.60.